The van der Waals surface area contributed by atoms with Gasteiger partial charge in [-0.15, -0.1) is 0 Å². The maximum Gasteiger partial charge on any atom is 0.123 e. The summed E-state index contributed by atoms with van der Waals surface area (Å²) in [5.74, 6) is 0.820. The molecular formula is C11H18N2O. The van der Waals surface area contributed by atoms with Gasteiger partial charge in [-0.1, -0.05) is 19.1 Å². The molecule has 0 aromatic heterocycles. The van der Waals surface area contributed by atoms with Gasteiger partial charge in [-0.25, -0.2) is 0 Å². The zero-order chi connectivity index (χ0) is 10.6. The molecule has 0 saturated heterocycles. The minimum Gasteiger partial charge on any atom is -0.496 e. The molecule has 0 saturated carbocycles. The molecule has 1 rings (SSSR count). The van der Waals surface area contributed by atoms with Crippen LogP contribution in [-0.4, -0.2) is 13.7 Å². The number of nitrogens with two attached hydrogens (primary N) is 2. The van der Waals surface area contributed by atoms with Crippen LogP contribution in [0.1, 0.15) is 24.1 Å². The maximum absolute atomic E-state index is 5.89. The van der Waals surface area contributed by atoms with E-state index < -0.39 is 0 Å². The standard InChI is InChI=1S/C11H18N2O/c1-3-8-4-5-11(14-2)9(6-8)10(13)7-12/h4-6,10H,3,7,12-13H2,1-2H3/t10-/m0/s1. The molecule has 1 aromatic carbocycles. The Kier molecular flexibility index (Phi) is 3.92. The van der Waals surface area contributed by atoms with Crippen molar-refractivity contribution >= 4 is 0 Å². The Balaban J connectivity index is 3.08. The van der Waals surface area contributed by atoms with Crippen molar-refractivity contribution in [3.63, 3.8) is 0 Å². The van der Waals surface area contributed by atoms with Crippen LogP contribution in [0.2, 0.25) is 0 Å². The third-order valence-electron chi connectivity index (χ3n) is 2.36. The van der Waals surface area contributed by atoms with Gasteiger partial charge in [-0.05, 0) is 18.1 Å². The highest BCUT2D eigenvalue weighted by Gasteiger charge is 2.10. The molecule has 0 spiro atoms. The molecule has 3 nitrogen and oxygen atoms in total. The van der Waals surface area contributed by atoms with E-state index in [2.05, 4.69) is 13.0 Å². The molecule has 14 heavy (non-hydrogen) atoms. The monoisotopic (exact) mass is 194 g/mol. The molecule has 1 aromatic rings. The predicted molar refractivity (Wildman–Crippen MR) is 58.4 cm³/mol. The minimum atomic E-state index is -0.142. The summed E-state index contributed by atoms with van der Waals surface area (Å²) in [4.78, 5) is 0. The molecule has 0 radical (unpaired) electrons. The van der Waals surface area contributed by atoms with E-state index in [9.17, 15) is 0 Å². The number of aryl methyl sites for hydroxylation is 1. The SMILES string of the molecule is CCc1ccc(OC)c([C@@H](N)CN)c1. The van der Waals surface area contributed by atoms with Crippen molar-refractivity contribution in [1.82, 2.24) is 0 Å². The first-order chi connectivity index (χ1) is 6.72. The van der Waals surface area contributed by atoms with E-state index in [0.29, 0.717) is 6.54 Å². The van der Waals surface area contributed by atoms with Gasteiger partial charge in [0.05, 0.1) is 7.11 Å². The van der Waals surface area contributed by atoms with Gasteiger partial charge >= 0.3 is 0 Å². The second-order valence-corrected chi connectivity index (χ2v) is 3.27. The van der Waals surface area contributed by atoms with E-state index in [0.717, 1.165) is 17.7 Å². The van der Waals surface area contributed by atoms with E-state index in [1.807, 2.05) is 12.1 Å². The average Bonchev–Trinajstić information content (AvgIpc) is 2.27. The Hall–Kier alpha value is -1.06. The van der Waals surface area contributed by atoms with Crippen LogP contribution in [0.25, 0.3) is 0 Å². The first-order valence-corrected chi connectivity index (χ1v) is 4.85. The normalized spacial score (nSPS) is 12.6. The van der Waals surface area contributed by atoms with Crippen molar-refractivity contribution in [1.29, 1.82) is 0 Å². The lowest BCUT2D eigenvalue weighted by molar-refractivity contribution is 0.406. The summed E-state index contributed by atoms with van der Waals surface area (Å²) in [5.41, 5.74) is 13.7. The Morgan fingerprint density at radius 1 is 1.43 bits per heavy atom. The second-order valence-electron chi connectivity index (χ2n) is 3.27. The average molecular weight is 194 g/mol. The third kappa shape index (κ3) is 2.25. The highest BCUT2D eigenvalue weighted by atomic mass is 16.5. The summed E-state index contributed by atoms with van der Waals surface area (Å²) in [6, 6.07) is 5.92. The Bertz CT molecular complexity index is 299. The highest BCUT2D eigenvalue weighted by Crippen LogP contribution is 2.24. The van der Waals surface area contributed by atoms with Crippen LogP contribution in [0.5, 0.6) is 5.75 Å². The van der Waals surface area contributed by atoms with Crippen molar-refractivity contribution in [2.75, 3.05) is 13.7 Å². The molecule has 0 unspecified atom stereocenters. The molecular weight excluding hydrogens is 176 g/mol. The molecule has 0 aliphatic heterocycles. The summed E-state index contributed by atoms with van der Waals surface area (Å²) in [5, 5.41) is 0. The van der Waals surface area contributed by atoms with Crippen LogP contribution >= 0.6 is 0 Å². The molecule has 1 atom stereocenters. The van der Waals surface area contributed by atoms with Gasteiger partial charge < -0.3 is 16.2 Å². The topological polar surface area (TPSA) is 61.3 Å². The van der Waals surface area contributed by atoms with Crippen LogP contribution in [0, 0.1) is 0 Å². The molecule has 4 N–H and O–H groups in total. The fraction of sp³-hybridized carbons (Fsp3) is 0.455. The quantitative estimate of drug-likeness (QED) is 0.757. The molecule has 0 amide bonds. The van der Waals surface area contributed by atoms with E-state index in [-0.39, 0.29) is 6.04 Å². The second kappa shape index (κ2) is 4.98. The van der Waals surface area contributed by atoms with Crippen molar-refractivity contribution in [2.24, 2.45) is 11.5 Å². The largest absolute Gasteiger partial charge is 0.496 e. The minimum absolute atomic E-state index is 0.142. The molecule has 3 heteroatoms. The number of hydrogen-bond acceptors (Lipinski definition) is 3. The van der Waals surface area contributed by atoms with Gasteiger partial charge in [0, 0.05) is 18.2 Å². The third-order valence-corrected chi connectivity index (χ3v) is 2.36. The van der Waals surface area contributed by atoms with Crippen LogP contribution < -0.4 is 16.2 Å². The van der Waals surface area contributed by atoms with Crippen molar-refractivity contribution in [2.45, 2.75) is 19.4 Å². The van der Waals surface area contributed by atoms with Crippen molar-refractivity contribution < 1.29 is 4.74 Å². The number of ether oxygens (including phenoxy) is 1. The summed E-state index contributed by atoms with van der Waals surface area (Å²) in [7, 11) is 1.65. The maximum atomic E-state index is 5.89. The summed E-state index contributed by atoms with van der Waals surface area (Å²) < 4.78 is 5.23. The summed E-state index contributed by atoms with van der Waals surface area (Å²) in [6.45, 7) is 2.54. The summed E-state index contributed by atoms with van der Waals surface area (Å²) >= 11 is 0. The van der Waals surface area contributed by atoms with Crippen molar-refractivity contribution in [3.05, 3.63) is 29.3 Å². The first kappa shape index (κ1) is 11.0. The Morgan fingerprint density at radius 3 is 2.64 bits per heavy atom. The van der Waals surface area contributed by atoms with Gasteiger partial charge in [0.2, 0.25) is 0 Å². The van der Waals surface area contributed by atoms with Gasteiger partial charge in [-0.2, -0.15) is 0 Å². The molecule has 0 fully saturated rings. The van der Waals surface area contributed by atoms with Gasteiger partial charge in [0.15, 0.2) is 0 Å². The molecule has 0 heterocycles. The van der Waals surface area contributed by atoms with Crippen LogP contribution in [-0.2, 0) is 6.42 Å². The number of benzene rings is 1. The van der Waals surface area contributed by atoms with E-state index in [1.54, 1.807) is 7.11 Å². The van der Waals surface area contributed by atoms with E-state index in [1.165, 1.54) is 5.56 Å². The predicted octanol–water partition coefficient (Wildman–Crippen LogP) is 1.22. The Morgan fingerprint density at radius 2 is 2.14 bits per heavy atom. The number of rotatable bonds is 4. The lowest BCUT2D eigenvalue weighted by atomic mass is 10.0. The zero-order valence-corrected chi connectivity index (χ0v) is 8.79. The fourth-order valence-electron chi connectivity index (χ4n) is 1.42. The highest BCUT2D eigenvalue weighted by molar-refractivity contribution is 5.39. The lowest BCUT2D eigenvalue weighted by Crippen LogP contribution is -2.21. The van der Waals surface area contributed by atoms with E-state index in [4.69, 9.17) is 16.2 Å². The molecule has 0 aliphatic carbocycles. The fourth-order valence-corrected chi connectivity index (χ4v) is 1.42. The first-order valence-electron chi connectivity index (χ1n) is 4.85. The van der Waals surface area contributed by atoms with Crippen LogP contribution in [0.15, 0.2) is 18.2 Å². The zero-order valence-electron chi connectivity index (χ0n) is 8.79. The van der Waals surface area contributed by atoms with Crippen molar-refractivity contribution in [3.8, 4) is 5.75 Å². The lowest BCUT2D eigenvalue weighted by Gasteiger charge is -2.14. The molecule has 0 aliphatic rings. The smallest absolute Gasteiger partial charge is 0.123 e. The molecule has 78 valence electrons. The van der Waals surface area contributed by atoms with Crippen LogP contribution in [0.4, 0.5) is 0 Å². The molecule has 0 bridgehead atoms. The number of hydrogen-bond donors (Lipinski definition) is 2. The van der Waals surface area contributed by atoms with Gasteiger partial charge in [0.25, 0.3) is 0 Å². The Labute approximate surface area is 85.0 Å². The summed E-state index contributed by atoms with van der Waals surface area (Å²) in [6.07, 6.45) is 0.994. The van der Waals surface area contributed by atoms with Crippen LogP contribution in [0.3, 0.4) is 0 Å². The number of methoxy groups -OCH3 is 1. The van der Waals surface area contributed by atoms with Gasteiger partial charge in [0.1, 0.15) is 5.75 Å². The van der Waals surface area contributed by atoms with E-state index >= 15 is 0 Å². The van der Waals surface area contributed by atoms with Gasteiger partial charge in [-0.3, -0.25) is 0 Å².